The van der Waals surface area contributed by atoms with Crippen LogP contribution in [0.25, 0.3) is 0 Å². The third kappa shape index (κ3) is 2.06. The molecule has 2 rings (SSSR count). The summed E-state index contributed by atoms with van der Waals surface area (Å²) in [4.78, 5) is 1.77. The van der Waals surface area contributed by atoms with Crippen molar-refractivity contribution < 1.29 is 13.9 Å². The number of halogens is 2. The minimum atomic E-state index is -2.53. The first-order valence-corrected chi connectivity index (χ1v) is 5.38. The van der Waals surface area contributed by atoms with Gasteiger partial charge in [0.05, 0.1) is 12.6 Å². The summed E-state index contributed by atoms with van der Waals surface area (Å²) in [5.74, 6) is -2.53. The van der Waals surface area contributed by atoms with Crippen molar-refractivity contribution in [1.82, 2.24) is 4.90 Å². The normalized spacial score (nSPS) is 38.8. The monoisotopic (exact) mass is 205 g/mol. The van der Waals surface area contributed by atoms with E-state index in [0.29, 0.717) is 6.54 Å². The molecule has 1 aliphatic heterocycles. The van der Waals surface area contributed by atoms with E-state index in [4.69, 9.17) is 0 Å². The van der Waals surface area contributed by atoms with E-state index < -0.39 is 12.0 Å². The predicted molar refractivity (Wildman–Crippen MR) is 49.4 cm³/mol. The van der Waals surface area contributed by atoms with Crippen molar-refractivity contribution in [3.05, 3.63) is 0 Å². The van der Waals surface area contributed by atoms with Crippen LogP contribution in [0, 0.1) is 0 Å². The highest BCUT2D eigenvalue weighted by Gasteiger charge is 2.42. The number of hydrogen-bond acceptors (Lipinski definition) is 2. The van der Waals surface area contributed by atoms with E-state index in [1.165, 1.54) is 0 Å². The van der Waals surface area contributed by atoms with Crippen molar-refractivity contribution in [2.24, 2.45) is 0 Å². The van der Waals surface area contributed by atoms with Crippen LogP contribution in [-0.2, 0) is 0 Å². The minimum absolute atomic E-state index is 0.0166. The number of hydrogen-bond donors (Lipinski definition) is 1. The largest absolute Gasteiger partial charge is 0.391 e. The summed E-state index contributed by atoms with van der Waals surface area (Å²) in [6, 6.07) is -0.0166. The van der Waals surface area contributed by atoms with Crippen LogP contribution in [0.15, 0.2) is 0 Å². The van der Waals surface area contributed by atoms with Crippen molar-refractivity contribution in [2.75, 3.05) is 13.1 Å². The molecule has 1 saturated heterocycles. The molecule has 0 spiro atoms. The van der Waals surface area contributed by atoms with E-state index in [0.717, 1.165) is 25.7 Å². The lowest BCUT2D eigenvalue weighted by Crippen LogP contribution is -2.45. The molecular weight excluding hydrogens is 188 g/mol. The fourth-order valence-electron chi connectivity index (χ4n) is 2.56. The van der Waals surface area contributed by atoms with Crippen LogP contribution in [0.1, 0.15) is 32.1 Å². The Bertz CT molecular complexity index is 210. The first-order chi connectivity index (χ1) is 6.58. The number of aliphatic hydroxyl groups is 1. The Kier molecular flexibility index (Phi) is 2.75. The van der Waals surface area contributed by atoms with Gasteiger partial charge in [-0.2, -0.15) is 0 Å². The first kappa shape index (κ1) is 10.3. The molecule has 0 radical (unpaired) electrons. The molecule has 1 aliphatic carbocycles. The Morgan fingerprint density at radius 1 is 1.21 bits per heavy atom. The Morgan fingerprint density at radius 3 is 2.50 bits per heavy atom. The summed E-state index contributed by atoms with van der Waals surface area (Å²) in [6.07, 6.45) is 3.30. The molecule has 1 heterocycles. The van der Waals surface area contributed by atoms with E-state index in [1.54, 1.807) is 4.90 Å². The van der Waals surface area contributed by atoms with Crippen molar-refractivity contribution in [3.8, 4) is 0 Å². The molecule has 0 aromatic heterocycles. The van der Waals surface area contributed by atoms with Gasteiger partial charge in [0.25, 0.3) is 5.92 Å². The van der Waals surface area contributed by atoms with Gasteiger partial charge in [0.1, 0.15) is 0 Å². The zero-order valence-electron chi connectivity index (χ0n) is 8.25. The van der Waals surface area contributed by atoms with E-state index in [9.17, 15) is 13.9 Å². The maximum Gasteiger partial charge on any atom is 0.261 e. The lowest BCUT2D eigenvalue weighted by atomic mass is 9.91. The zero-order valence-corrected chi connectivity index (χ0v) is 8.25. The third-order valence-electron chi connectivity index (χ3n) is 3.36. The molecule has 0 bridgehead atoms. The number of alkyl halides is 2. The molecule has 82 valence electrons. The Balaban J connectivity index is 1.95. The number of likely N-dealkylation sites (tertiary alicyclic amines) is 1. The molecule has 1 N–H and O–H groups in total. The van der Waals surface area contributed by atoms with Crippen LogP contribution < -0.4 is 0 Å². The second-order valence-corrected chi connectivity index (χ2v) is 4.50. The third-order valence-corrected chi connectivity index (χ3v) is 3.36. The van der Waals surface area contributed by atoms with Crippen LogP contribution in [0.4, 0.5) is 8.78 Å². The zero-order chi connectivity index (χ0) is 10.2. The summed E-state index contributed by atoms with van der Waals surface area (Å²) < 4.78 is 25.9. The maximum absolute atomic E-state index is 13.0. The van der Waals surface area contributed by atoms with Gasteiger partial charge in [-0.3, -0.25) is 4.90 Å². The summed E-state index contributed by atoms with van der Waals surface area (Å²) in [5, 5.41) is 9.71. The molecule has 14 heavy (non-hydrogen) atoms. The lowest BCUT2D eigenvalue weighted by Gasteiger charge is -2.34. The van der Waals surface area contributed by atoms with Crippen molar-refractivity contribution in [3.63, 3.8) is 0 Å². The van der Waals surface area contributed by atoms with Gasteiger partial charge in [0.15, 0.2) is 0 Å². The molecule has 1 saturated carbocycles. The lowest BCUT2D eigenvalue weighted by molar-refractivity contribution is -0.0149. The molecule has 2 atom stereocenters. The van der Waals surface area contributed by atoms with Crippen molar-refractivity contribution in [2.45, 2.75) is 50.2 Å². The summed E-state index contributed by atoms with van der Waals surface area (Å²) in [6.45, 7) is 0.281. The SMILES string of the molecule is OC1CCCCC1N1CCC(F)(F)C1. The Labute approximate surface area is 82.9 Å². The quantitative estimate of drug-likeness (QED) is 0.703. The summed E-state index contributed by atoms with van der Waals surface area (Å²) in [5.41, 5.74) is 0. The highest BCUT2D eigenvalue weighted by molar-refractivity contribution is 4.90. The molecule has 2 aliphatic rings. The van der Waals surface area contributed by atoms with Gasteiger partial charge in [-0.1, -0.05) is 12.8 Å². The van der Waals surface area contributed by atoms with Crippen LogP contribution in [0.2, 0.25) is 0 Å². The maximum atomic E-state index is 13.0. The van der Waals surface area contributed by atoms with Crippen LogP contribution in [-0.4, -0.2) is 41.2 Å². The van der Waals surface area contributed by atoms with Gasteiger partial charge >= 0.3 is 0 Å². The Morgan fingerprint density at radius 2 is 1.93 bits per heavy atom. The molecule has 2 unspecified atom stereocenters. The van der Waals surface area contributed by atoms with Crippen LogP contribution in [0.3, 0.4) is 0 Å². The van der Waals surface area contributed by atoms with E-state index in [-0.39, 0.29) is 19.0 Å². The molecule has 4 heteroatoms. The van der Waals surface area contributed by atoms with Crippen LogP contribution >= 0.6 is 0 Å². The van der Waals surface area contributed by atoms with E-state index >= 15 is 0 Å². The van der Waals surface area contributed by atoms with E-state index in [2.05, 4.69) is 0 Å². The molecule has 2 nitrogen and oxygen atoms in total. The highest BCUT2D eigenvalue weighted by Crippen LogP contribution is 2.32. The van der Waals surface area contributed by atoms with Gasteiger partial charge in [-0.05, 0) is 12.8 Å². The topological polar surface area (TPSA) is 23.5 Å². The van der Waals surface area contributed by atoms with Gasteiger partial charge in [-0.25, -0.2) is 8.78 Å². The average Bonchev–Trinajstić information content (AvgIpc) is 2.47. The number of rotatable bonds is 1. The second-order valence-electron chi connectivity index (χ2n) is 4.50. The van der Waals surface area contributed by atoms with Crippen molar-refractivity contribution in [1.29, 1.82) is 0 Å². The summed E-state index contributed by atoms with van der Waals surface area (Å²) in [7, 11) is 0. The molecule has 0 amide bonds. The van der Waals surface area contributed by atoms with E-state index in [1.807, 2.05) is 0 Å². The van der Waals surface area contributed by atoms with Crippen molar-refractivity contribution >= 4 is 0 Å². The van der Waals surface area contributed by atoms with Gasteiger partial charge in [0.2, 0.25) is 0 Å². The number of aliphatic hydroxyl groups excluding tert-OH is 1. The number of nitrogens with zero attached hydrogens (tertiary/aromatic N) is 1. The van der Waals surface area contributed by atoms with Crippen LogP contribution in [0.5, 0.6) is 0 Å². The predicted octanol–water partition coefficient (Wildman–Crippen LogP) is 1.63. The second kappa shape index (κ2) is 3.74. The average molecular weight is 205 g/mol. The molecule has 0 aromatic carbocycles. The fraction of sp³-hybridized carbons (Fsp3) is 1.00. The first-order valence-electron chi connectivity index (χ1n) is 5.38. The highest BCUT2D eigenvalue weighted by atomic mass is 19.3. The molecular formula is C10H17F2NO. The molecule has 2 fully saturated rings. The van der Waals surface area contributed by atoms with Gasteiger partial charge in [0, 0.05) is 19.0 Å². The van der Waals surface area contributed by atoms with Gasteiger partial charge < -0.3 is 5.11 Å². The fourth-order valence-corrected chi connectivity index (χ4v) is 2.56. The standard InChI is InChI=1S/C10H17F2NO/c11-10(12)5-6-13(7-10)8-3-1-2-4-9(8)14/h8-9,14H,1-7H2. The smallest absolute Gasteiger partial charge is 0.261 e. The summed E-state index contributed by atoms with van der Waals surface area (Å²) >= 11 is 0. The van der Waals surface area contributed by atoms with Gasteiger partial charge in [-0.15, -0.1) is 0 Å². The minimum Gasteiger partial charge on any atom is -0.391 e. The Hall–Kier alpha value is -0.220. The molecule has 0 aromatic rings.